The molecular weight excluding hydrogens is 411 g/mol. The van der Waals surface area contributed by atoms with E-state index in [1.807, 2.05) is 0 Å². The Hall–Kier alpha value is -3.11. The van der Waals surface area contributed by atoms with Gasteiger partial charge in [0.2, 0.25) is 15.9 Å². The van der Waals surface area contributed by atoms with Crippen LogP contribution in [0.4, 0.5) is 10.1 Å². The largest absolute Gasteiger partial charge is 0.339 e. The highest BCUT2D eigenvalue weighted by Crippen LogP contribution is 2.30. The molecule has 2 heterocycles. The molecule has 0 aliphatic carbocycles. The predicted molar refractivity (Wildman–Crippen MR) is 106 cm³/mol. The fourth-order valence-corrected chi connectivity index (χ4v) is 4.79. The number of aryl methyl sites for hydroxylation is 1. The van der Waals surface area contributed by atoms with Crippen LogP contribution in [0, 0.1) is 12.7 Å². The van der Waals surface area contributed by atoms with E-state index in [2.05, 4.69) is 15.5 Å². The van der Waals surface area contributed by atoms with Crippen LogP contribution in [-0.4, -0.2) is 41.9 Å². The summed E-state index contributed by atoms with van der Waals surface area (Å²) >= 11 is 0. The summed E-state index contributed by atoms with van der Waals surface area (Å²) in [6, 6.07) is 11.1. The van der Waals surface area contributed by atoms with Crippen LogP contribution in [0.3, 0.4) is 0 Å². The summed E-state index contributed by atoms with van der Waals surface area (Å²) in [6.07, 6.45) is 0.604. The SMILES string of the molecule is Cc1noc(C2CCN(S(=O)(=O)c3ccc(NC(=O)c4ccc(F)cc4)cc3)C2)n1. The van der Waals surface area contributed by atoms with Crippen LogP contribution in [0.15, 0.2) is 57.9 Å². The number of anilines is 1. The molecule has 1 aromatic heterocycles. The van der Waals surface area contributed by atoms with E-state index in [9.17, 15) is 17.6 Å². The Morgan fingerprint density at radius 3 is 2.50 bits per heavy atom. The number of sulfonamides is 1. The van der Waals surface area contributed by atoms with Crippen molar-refractivity contribution in [3.63, 3.8) is 0 Å². The first-order valence-electron chi connectivity index (χ1n) is 9.30. The van der Waals surface area contributed by atoms with E-state index in [1.54, 1.807) is 6.92 Å². The minimum Gasteiger partial charge on any atom is -0.339 e. The second kappa shape index (κ2) is 7.96. The third-order valence-corrected chi connectivity index (χ3v) is 6.78. The molecule has 1 saturated heterocycles. The number of halogens is 1. The highest BCUT2D eigenvalue weighted by Gasteiger charge is 2.35. The Morgan fingerprint density at radius 2 is 1.87 bits per heavy atom. The lowest BCUT2D eigenvalue weighted by molar-refractivity contribution is 0.102. The van der Waals surface area contributed by atoms with Gasteiger partial charge in [-0.3, -0.25) is 4.79 Å². The number of nitrogens with zero attached hydrogens (tertiary/aromatic N) is 3. The van der Waals surface area contributed by atoms with Crippen molar-refractivity contribution in [3.8, 4) is 0 Å². The zero-order chi connectivity index (χ0) is 21.3. The lowest BCUT2D eigenvalue weighted by Crippen LogP contribution is -2.28. The molecule has 0 bridgehead atoms. The molecule has 1 unspecified atom stereocenters. The molecule has 0 saturated carbocycles. The minimum atomic E-state index is -3.69. The number of carbonyl (C=O) groups excluding carboxylic acids is 1. The van der Waals surface area contributed by atoms with Crippen molar-refractivity contribution in [2.75, 3.05) is 18.4 Å². The summed E-state index contributed by atoms with van der Waals surface area (Å²) in [7, 11) is -3.69. The molecule has 1 fully saturated rings. The molecule has 10 heteroatoms. The van der Waals surface area contributed by atoms with Crippen molar-refractivity contribution >= 4 is 21.6 Å². The maximum Gasteiger partial charge on any atom is 0.255 e. The van der Waals surface area contributed by atoms with Gasteiger partial charge < -0.3 is 9.84 Å². The fourth-order valence-electron chi connectivity index (χ4n) is 3.29. The van der Waals surface area contributed by atoms with E-state index in [0.29, 0.717) is 35.9 Å². The van der Waals surface area contributed by atoms with Crippen molar-refractivity contribution in [2.45, 2.75) is 24.2 Å². The second-order valence-corrected chi connectivity index (χ2v) is 8.95. The van der Waals surface area contributed by atoms with Crippen molar-refractivity contribution in [3.05, 3.63) is 71.6 Å². The lowest BCUT2D eigenvalue weighted by atomic mass is 10.1. The number of hydrogen-bond acceptors (Lipinski definition) is 6. The highest BCUT2D eigenvalue weighted by atomic mass is 32.2. The van der Waals surface area contributed by atoms with Crippen molar-refractivity contribution in [1.82, 2.24) is 14.4 Å². The van der Waals surface area contributed by atoms with E-state index in [1.165, 1.54) is 52.8 Å². The smallest absolute Gasteiger partial charge is 0.255 e. The van der Waals surface area contributed by atoms with Gasteiger partial charge in [-0.1, -0.05) is 5.16 Å². The van der Waals surface area contributed by atoms with Crippen LogP contribution >= 0.6 is 0 Å². The predicted octanol–water partition coefficient (Wildman–Crippen LogP) is 2.95. The second-order valence-electron chi connectivity index (χ2n) is 7.01. The minimum absolute atomic E-state index is 0.129. The average Bonchev–Trinajstić information content (AvgIpc) is 3.38. The molecular formula is C20H19FN4O4S. The van der Waals surface area contributed by atoms with Crippen LogP contribution in [0.5, 0.6) is 0 Å². The number of amides is 1. The molecule has 0 spiro atoms. The first-order valence-corrected chi connectivity index (χ1v) is 10.7. The van der Waals surface area contributed by atoms with Gasteiger partial charge in [0.15, 0.2) is 5.82 Å². The maximum atomic E-state index is 13.0. The number of benzene rings is 2. The van der Waals surface area contributed by atoms with E-state index in [4.69, 9.17) is 4.52 Å². The summed E-state index contributed by atoms with van der Waals surface area (Å²) in [5.74, 6) is -0.00814. The first-order chi connectivity index (χ1) is 14.3. The molecule has 1 atom stereocenters. The number of rotatable bonds is 5. The summed E-state index contributed by atoms with van der Waals surface area (Å²) in [5, 5.41) is 6.42. The first kappa shape index (κ1) is 20.2. The van der Waals surface area contributed by atoms with Crippen LogP contribution in [0.25, 0.3) is 0 Å². The van der Waals surface area contributed by atoms with Crippen LogP contribution in [0.1, 0.15) is 34.4 Å². The topological polar surface area (TPSA) is 105 Å². The van der Waals surface area contributed by atoms with Crippen molar-refractivity contribution in [1.29, 1.82) is 0 Å². The van der Waals surface area contributed by atoms with Crippen molar-refractivity contribution < 1.29 is 22.1 Å². The molecule has 156 valence electrons. The van der Waals surface area contributed by atoms with Gasteiger partial charge in [-0.25, -0.2) is 12.8 Å². The molecule has 8 nitrogen and oxygen atoms in total. The van der Waals surface area contributed by atoms with Gasteiger partial charge in [-0.15, -0.1) is 0 Å². The average molecular weight is 430 g/mol. The van der Waals surface area contributed by atoms with Gasteiger partial charge in [0, 0.05) is 24.3 Å². The Labute approximate surface area is 172 Å². The van der Waals surface area contributed by atoms with Crippen LogP contribution < -0.4 is 5.32 Å². The van der Waals surface area contributed by atoms with Gasteiger partial charge >= 0.3 is 0 Å². The highest BCUT2D eigenvalue weighted by molar-refractivity contribution is 7.89. The maximum absolute atomic E-state index is 13.0. The fraction of sp³-hybridized carbons (Fsp3) is 0.250. The van der Waals surface area contributed by atoms with E-state index in [-0.39, 0.29) is 17.4 Å². The molecule has 1 aliphatic heterocycles. The van der Waals surface area contributed by atoms with Gasteiger partial charge in [0.25, 0.3) is 5.91 Å². The Kier molecular flexibility index (Phi) is 5.35. The van der Waals surface area contributed by atoms with Crippen molar-refractivity contribution in [2.24, 2.45) is 0 Å². The molecule has 1 aliphatic rings. The monoisotopic (exact) mass is 430 g/mol. The number of hydrogen-bond donors (Lipinski definition) is 1. The molecule has 3 aromatic rings. The summed E-state index contributed by atoms with van der Waals surface area (Å²) in [5.41, 5.74) is 0.733. The quantitative estimate of drug-likeness (QED) is 0.667. The number of aromatic nitrogens is 2. The molecule has 2 aromatic carbocycles. The molecule has 4 rings (SSSR count). The van der Waals surface area contributed by atoms with Crippen LogP contribution in [-0.2, 0) is 10.0 Å². The Bertz CT molecular complexity index is 1160. The van der Waals surface area contributed by atoms with E-state index < -0.39 is 21.7 Å². The van der Waals surface area contributed by atoms with E-state index in [0.717, 1.165) is 0 Å². The van der Waals surface area contributed by atoms with Crippen LogP contribution in [0.2, 0.25) is 0 Å². The Morgan fingerprint density at radius 1 is 1.17 bits per heavy atom. The molecule has 1 amide bonds. The molecule has 1 N–H and O–H groups in total. The third-order valence-electron chi connectivity index (χ3n) is 4.90. The number of carbonyl (C=O) groups is 1. The Balaban J connectivity index is 1.44. The third kappa shape index (κ3) is 4.10. The van der Waals surface area contributed by atoms with E-state index >= 15 is 0 Å². The zero-order valence-electron chi connectivity index (χ0n) is 16.1. The van der Waals surface area contributed by atoms with Gasteiger partial charge in [0.05, 0.1) is 10.8 Å². The summed E-state index contributed by atoms with van der Waals surface area (Å²) in [4.78, 5) is 16.5. The zero-order valence-corrected chi connectivity index (χ0v) is 16.9. The molecule has 0 radical (unpaired) electrons. The standard InChI is InChI=1S/C20H19FN4O4S/c1-13-22-20(29-24-13)15-10-11-25(12-15)30(27,28)18-8-6-17(7-9-18)23-19(26)14-2-4-16(21)5-3-14/h2-9,15H,10-12H2,1H3,(H,23,26). The lowest BCUT2D eigenvalue weighted by Gasteiger charge is -2.16. The van der Waals surface area contributed by atoms with Gasteiger partial charge in [-0.2, -0.15) is 9.29 Å². The number of nitrogens with one attached hydrogen (secondary N) is 1. The summed E-state index contributed by atoms with van der Waals surface area (Å²) < 4.78 is 45.4. The van der Waals surface area contributed by atoms with Gasteiger partial charge in [0.1, 0.15) is 5.82 Å². The normalized spacial score (nSPS) is 17.2. The molecule has 30 heavy (non-hydrogen) atoms. The van der Waals surface area contributed by atoms with Gasteiger partial charge in [-0.05, 0) is 61.9 Å². The summed E-state index contributed by atoms with van der Waals surface area (Å²) in [6.45, 7) is 2.34.